The molecule has 1 N–H and O–H groups in total. The Morgan fingerprint density at radius 2 is 2.17 bits per heavy atom. The summed E-state index contributed by atoms with van der Waals surface area (Å²) in [4.78, 5) is 5.25. The maximum atomic E-state index is 5.34. The summed E-state index contributed by atoms with van der Waals surface area (Å²) in [5.74, 6) is 2.73. The van der Waals surface area contributed by atoms with Crippen molar-refractivity contribution in [2.24, 2.45) is 0 Å². The molecule has 0 spiro atoms. The molecule has 0 bridgehead atoms. The van der Waals surface area contributed by atoms with Crippen LogP contribution in [0.3, 0.4) is 0 Å². The van der Waals surface area contributed by atoms with Crippen molar-refractivity contribution in [2.75, 3.05) is 19.6 Å². The normalized spacial score (nSPS) is 17.8. The Morgan fingerprint density at radius 3 is 2.72 bits per heavy atom. The number of nitrogens with one attached hydrogen (secondary N) is 1. The summed E-state index contributed by atoms with van der Waals surface area (Å²) in [6.45, 7) is 8.46. The number of piperidine rings is 1. The van der Waals surface area contributed by atoms with Crippen LogP contribution in [0.4, 0.5) is 0 Å². The second-order valence-electron chi connectivity index (χ2n) is 5.09. The predicted octanol–water partition coefficient (Wildman–Crippen LogP) is 2.55. The number of thiophene rings is 1. The number of rotatable bonds is 4. The van der Waals surface area contributed by atoms with E-state index in [4.69, 9.17) is 6.42 Å². The molecule has 2 rings (SSSR count). The van der Waals surface area contributed by atoms with Crippen LogP contribution in [-0.2, 0) is 6.54 Å². The van der Waals surface area contributed by atoms with Crippen LogP contribution in [0.1, 0.15) is 28.2 Å². The van der Waals surface area contributed by atoms with Crippen molar-refractivity contribution in [2.45, 2.75) is 39.3 Å². The van der Waals surface area contributed by atoms with E-state index in [1.807, 2.05) is 11.3 Å². The van der Waals surface area contributed by atoms with Crippen LogP contribution in [0.15, 0.2) is 6.07 Å². The van der Waals surface area contributed by atoms with Gasteiger partial charge >= 0.3 is 0 Å². The summed E-state index contributed by atoms with van der Waals surface area (Å²) in [5, 5.41) is 3.67. The van der Waals surface area contributed by atoms with E-state index in [1.165, 1.54) is 28.2 Å². The van der Waals surface area contributed by atoms with Gasteiger partial charge in [-0.3, -0.25) is 4.90 Å². The second-order valence-corrected chi connectivity index (χ2v) is 6.43. The van der Waals surface area contributed by atoms with E-state index in [-0.39, 0.29) is 0 Å². The first-order chi connectivity index (χ1) is 8.69. The molecule has 1 saturated heterocycles. The lowest BCUT2D eigenvalue weighted by atomic mass is 10.1. The fourth-order valence-corrected chi connectivity index (χ4v) is 3.41. The van der Waals surface area contributed by atoms with Gasteiger partial charge < -0.3 is 5.32 Å². The molecule has 1 aliphatic heterocycles. The zero-order chi connectivity index (χ0) is 13.0. The summed E-state index contributed by atoms with van der Waals surface area (Å²) in [6, 6.07) is 2.96. The third kappa shape index (κ3) is 3.58. The molecule has 1 aromatic heterocycles. The van der Waals surface area contributed by atoms with Crippen LogP contribution >= 0.6 is 11.3 Å². The van der Waals surface area contributed by atoms with E-state index in [1.54, 1.807) is 0 Å². The van der Waals surface area contributed by atoms with E-state index in [0.29, 0.717) is 6.04 Å². The van der Waals surface area contributed by atoms with Gasteiger partial charge in [-0.05, 0) is 38.3 Å². The van der Waals surface area contributed by atoms with Gasteiger partial charge in [0.05, 0.1) is 6.54 Å². The molecule has 0 saturated carbocycles. The molecule has 18 heavy (non-hydrogen) atoms. The quantitative estimate of drug-likeness (QED) is 0.839. The zero-order valence-electron chi connectivity index (χ0n) is 11.3. The number of hydrogen-bond donors (Lipinski definition) is 1. The van der Waals surface area contributed by atoms with Crippen molar-refractivity contribution in [1.29, 1.82) is 0 Å². The van der Waals surface area contributed by atoms with Gasteiger partial charge in [-0.2, -0.15) is 0 Å². The van der Waals surface area contributed by atoms with Gasteiger partial charge in [-0.25, -0.2) is 0 Å². The lowest BCUT2D eigenvalue weighted by Crippen LogP contribution is -2.42. The number of hydrogen-bond acceptors (Lipinski definition) is 3. The van der Waals surface area contributed by atoms with Crippen molar-refractivity contribution in [3.05, 3.63) is 21.4 Å². The first-order valence-corrected chi connectivity index (χ1v) is 7.46. The third-order valence-electron chi connectivity index (χ3n) is 3.68. The van der Waals surface area contributed by atoms with E-state index in [9.17, 15) is 0 Å². The molecule has 2 nitrogen and oxygen atoms in total. The minimum Gasteiger partial charge on any atom is -0.309 e. The summed E-state index contributed by atoms with van der Waals surface area (Å²) in [6.07, 6.45) is 7.77. The van der Waals surface area contributed by atoms with Crippen molar-refractivity contribution in [1.82, 2.24) is 10.2 Å². The predicted molar refractivity (Wildman–Crippen MR) is 78.9 cm³/mol. The molecule has 0 amide bonds. The lowest BCUT2D eigenvalue weighted by molar-refractivity contribution is 0.217. The minimum atomic E-state index is 0.654. The van der Waals surface area contributed by atoms with Gasteiger partial charge in [0.15, 0.2) is 0 Å². The SMILES string of the molecule is C#CCN1CCC(NCc2cc(C)c(C)s2)CC1. The Bertz CT molecular complexity index is 403. The fraction of sp³-hybridized carbons (Fsp3) is 0.600. The minimum absolute atomic E-state index is 0.654. The molecule has 0 atom stereocenters. The van der Waals surface area contributed by atoms with E-state index < -0.39 is 0 Å². The molecule has 0 aromatic carbocycles. The Morgan fingerprint density at radius 1 is 1.44 bits per heavy atom. The third-order valence-corrected chi connectivity index (χ3v) is 4.84. The van der Waals surface area contributed by atoms with Crippen molar-refractivity contribution >= 4 is 11.3 Å². The van der Waals surface area contributed by atoms with Gasteiger partial charge in [0.2, 0.25) is 0 Å². The van der Waals surface area contributed by atoms with E-state index >= 15 is 0 Å². The van der Waals surface area contributed by atoms with Gasteiger partial charge in [0, 0.05) is 35.4 Å². The number of aryl methyl sites for hydroxylation is 2. The lowest BCUT2D eigenvalue weighted by Gasteiger charge is -2.31. The standard InChI is InChI=1S/C15H22N2S/c1-4-7-17-8-5-14(6-9-17)16-11-15-10-12(2)13(3)18-15/h1,10,14,16H,5-9,11H2,2-3H3. The highest BCUT2D eigenvalue weighted by Gasteiger charge is 2.17. The summed E-state index contributed by atoms with van der Waals surface area (Å²) in [7, 11) is 0. The van der Waals surface area contributed by atoms with E-state index in [0.717, 1.165) is 26.2 Å². The summed E-state index contributed by atoms with van der Waals surface area (Å²) in [5.41, 5.74) is 1.42. The van der Waals surface area contributed by atoms with Crippen LogP contribution in [-0.4, -0.2) is 30.6 Å². The maximum Gasteiger partial charge on any atom is 0.0598 e. The monoisotopic (exact) mass is 262 g/mol. The molecule has 1 aliphatic rings. The number of terminal acetylenes is 1. The molecular weight excluding hydrogens is 240 g/mol. The zero-order valence-corrected chi connectivity index (χ0v) is 12.1. The Hall–Kier alpha value is -0.820. The molecule has 1 aromatic rings. The van der Waals surface area contributed by atoms with Gasteiger partial charge in [0.25, 0.3) is 0 Å². The maximum absolute atomic E-state index is 5.34. The molecule has 0 unspecified atom stereocenters. The molecule has 3 heteroatoms. The largest absolute Gasteiger partial charge is 0.309 e. The number of nitrogens with zero attached hydrogens (tertiary/aromatic N) is 1. The molecule has 98 valence electrons. The highest BCUT2D eigenvalue weighted by molar-refractivity contribution is 7.12. The molecule has 0 radical (unpaired) electrons. The summed E-state index contributed by atoms with van der Waals surface area (Å²) >= 11 is 1.91. The first-order valence-electron chi connectivity index (χ1n) is 6.64. The van der Waals surface area contributed by atoms with Crippen LogP contribution in [0, 0.1) is 26.2 Å². The fourth-order valence-electron chi connectivity index (χ4n) is 2.41. The Kier molecular flexibility index (Phi) is 4.82. The van der Waals surface area contributed by atoms with Gasteiger partial charge in [-0.1, -0.05) is 5.92 Å². The average molecular weight is 262 g/mol. The van der Waals surface area contributed by atoms with Crippen molar-refractivity contribution < 1.29 is 0 Å². The van der Waals surface area contributed by atoms with Crippen LogP contribution < -0.4 is 5.32 Å². The van der Waals surface area contributed by atoms with Crippen LogP contribution in [0.2, 0.25) is 0 Å². The molecule has 2 heterocycles. The van der Waals surface area contributed by atoms with Crippen molar-refractivity contribution in [3.8, 4) is 12.3 Å². The molecule has 1 fully saturated rings. The topological polar surface area (TPSA) is 15.3 Å². The van der Waals surface area contributed by atoms with Crippen molar-refractivity contribution in [3.63, 3.8) is 0 Å². The summed E-state index contributed by atoms with van der Waals surface area (Å²) < 4.78 is 0. The number of likely N-dealkylation sites (tertiary alicyclic amines) is 1. The smallest absolute Gasteiger partial charge is 0.0598 e. The molecular formula is C15H22N2S. The van der Waals surface area contributed by atoms with Crippen LogP contribution in [0.5, 0.6) is 0 Å². The highest BCUT2D eigenvalue weighted by atomic mass is 32.1. The Balaban J connectivity index is 1.74. The molecule has 0 aliphatic carbocycles. The first kappa shape index (κ1) is 13.6. The van der Waals surface area contributed by atoms with Crippen LogP contribution in [0.25, 0.3) is 0 Å². The van der Waals surface area contributed by atoms with Gasteiger partial charge in [-0.15, -0.1) is 17.8 Å². The average Bonchev–Trinajstić information content (AvgIpc) is 2.68. The Labute approximate surface area is 114 Å². The van der Waals surface area contributed by atoms with Gasteiger partial charge in [0.1, 0.15) is 0 Å². The highest BCUT2D eigenvalue weighted by Crippen LogP contribution is 2.21. The second kappa shape index (κ2) is 6.38. The van der Waals surface area contributed by atoms with E-state index in [2.05, 4.69) is 36.1 Å².